The number of pyridine rings is 1. The number of ether oxygens (including phenoxy) is 2. The standard InChI is InChI=1S/C25H27N3O4S/c29-24(30)13-18(17-7-9-21-22(12-17)32-15-31-21)11-20-14-33-23(27-20)5-1-4-19-8-6-16-3-2-10-26-25(16)28-19/h6-9,12,14,18H,1-5,10-11,13,15H2,(H,26,28)(H,29,30)/t18-/m1/s1. The number of benzene rings is 1. The van der Waals surface area contributed by atoms with E-state index in [1.165, 1.54) is 12.0 Å². The maximum absolute atomic E-state index is 11.5. The number of carboxylic acids is 1. The predicted molar refractivity (Wildman–Crippen MR) is 126 cm³/mol. The van der Waals surface area contributed by atoms with Crippen LogP contribution < -0.4 is 14.8 Å². The van der Waals surface area contributed by atoms with Crippen LogP contribution in [0.1, 0.15) is 52.7 Å². The van der Waals surface area contributed by atoms with Crippen LogP contribution in [0.4, 0.5) is 5.82 Å². The Labute approximate surface area is 196 Å². The lowest BCUT2D eigenvalue weighted by molar-refractivity contribution is -0.137. The Morgan fingerprint density at radius 3 is 2.94 bits per heavy atom. The number of hydrogen-bond acceptors (Lipinski definition) is 7. The molecule has 0 unspecified atom stereocenters. The zero-order chi connectivity index (χ0) is 22.6. The monoisotopic (exact) mass is 465 g/mol. The van der Waals surface area contributed by atoms with Gasteiger partial charge < -0.3 is 19.9 Å². The van der Waals surface area contributed by atoms with Crippen molar-refractivity contribution in [1.82, 2.24) is 9.97 Å². The van der Waals surface area contributed by atoms with Crippen LogP contribution in [0.5, 0.6) is 11.5 Å². The highest BCUT2D eigenvalue weighted by molar-refractivity contribution is 7.09. The van der Waals surface area contributed by atoms with Gasteiger partial charge >= 0.3 is 5.97 Å². The largest absolute Gasteiger partial charge is 0.481 e. The molecule has 0 spiro atoms. The average molecular weight is 466 g/mol. The summed E-state index contributed by atoms with van der Waals surface area (Å²) in [5, 5.41) is 16.0. The number of anilines is 1. The quantitative estimate of drug-likeness (QED) is 0.477. The first kappa shape index (κ1) is 21.7. The van der Waals surface area contributed by atoms with Crippen molar-refractivity contribution in [3.8, 4) is 11.5 Å². The fraction of sp³-hybridized carbons (Fsp3) is 0.400. The molecule has 8 heteroatoms. The summed E-state index contributed by atoms with van der Waals surface area (Å²) in [7, 11) is 0. The summed E-state index contributed by atoms with van der Waals surface area (Å²) in [4.78, 5) is 21.1. The second-order valence-electron chi connectivity index (χ2n) is 8.54. The Morgan fingerprint density at radius 2 is 2.03 bits per heavy atom. The SMILES string of the molecule is O=C(O)C[C@@H](Cc1csc(CCCc2ccc3c(n2)NCCC3)n1)c1ccc2c(c1)OCO2. The van der Waals surface area contributed by atoms with Crippen molar-refractivity contribution in [2.45, 2.75) is 50.9 Å². The molecule has 0 radical (unpaired) electrons. The molecule has 5 rings (SSSR count). The number of carbonyl (C=O) groups is 1. The fourth-order valence-electron chi connectivity index (χ4n) is 4.42. The molecule has 0 fully saturated rings. The van der Waals surface area contributed by atoms with Crippen LogP contribution in [0.3, 0.4) is 0 Å². The molecule has 2 N–H and O–H groups in total. The number of rotatable bonds is 9. The van der Waals surface area contributed by atoms with E-state index in [4.69, 9.17) is 19.4 Å². The second kappa shape index (κ2) is 9.79. The minimum atomic E-state index is -0.819. The normalized spacial score (nSPS) is 15.0. The van der Waals surface area contributed by atoms with E-state index in [0.717, 1.165) is 60.0 Å². The molecule has 0 amide bonds. The Kier molecular flexibility index (Phi) is 6.44. The van der Waals surface area contributed by atoms with Gasteiger partial charge in [0.1, 0.15) is 5.82 Å². The molecule has 1 atom stereocenters. The molecule has 2 aliphatic heterocycles. The number of fused-ring (bicyclic) bond motifs is 2. The second-order valence-corrected chi connectivity index (χ2v) is 9.48. The third-order valence-corrected chi connectivity index (χ3v) is 7.08. The zero-order valence-electron chi connectivity index (χ0n) is 18.4. The summed E-state index contributed by atoms with van der Waals surface area (Å²) in [5.74, 6) is 1.43. The van der Waals surface area contributed by atoms with Gasteiger partial charge in [0.25, 0.3) is 0 Å². The van der Waals surface area contributed by atoms with Crippen LogP contribution in [0, 0.1) is 0 Å². The van der Waals surface area contributed by atoms with Crippen molar-refractivity contribution >= 4 is 23.1 Å². The number of nitrogens with one attached hydrogen (secondary N) is 1. The van der Waals surface area contributed by atoms with Crippen molar-refractivity contribution in [2.75, 3.05) is 18.7 Å². The lowest BCUT2D eigenvalue weighted by atomic mass is 9.91. The first-order valence-corrected chi connectivity index (χ1v) is 12.3. The molecule has 172 valence electrons. The molecule has 1 aromatic carbocycles. The minimum absolute atomic E-state index is 0.0462. The van der Waals surface area contributed by atoms with E-state index >= 15 is 0 Å². The first-order valence-electron chi connectivity index (χ1n) is 11.4. The van der Waals surface area contributed by atoms with E-state index in [1.54, 1.807) is 11.3 Å². The maximum atomic E-state index is 11.5. The minimum Gasteiger partial charge on any atom is -0.481 e. The van der Waals surface area contributed by atoms with E-state index in [2.05, 4.69) is 22.8 Å². The molecular weight excluding hydrogens is 438 g/mol. The van der Waals surface area contributed by atoms with Gasteiger partial charge in [-0.05, 0) is 67.9 Å². The number of hydrogen-bond donors (Lipinski definition) is 2. The summed E-state index contributed by atoms with van der Waals surface area (Å²) < 4.78 is 10.8. The van der Waals surface area contributed by atoms with E-state index < -0.39 is 5.97 Å². The highest BCUT2D eigenvalue weighted by Gasteiger charge is 2.22. The molecule has 7 nitrogen and oxygen atoms in total. The van der Waals surface area contributed by atoms with Gasteiger partial charge in [0, 0.05) is 23.5 Å². The fourth-order valence-corrected chi connectivity index (χ4v) is 5.28. The molecule has 0 aliphatic carbocycles. The van der Waals surface area contributed by atoms with Crippen molar-refractivity contribution in [2.24, 2.45) is 0 Å². The Balaban J connectivity index is 1.19. The topological polar surface area (TPSA) is 93.6 Å². The number of aromatic nitrogens is 2. The van der Waals surface area contributed by atoms with E-state index in [-0.39, 0.29) is 19.1 Å². The van der Waals surface area contributed by atoms with Crippen LogP contribution in [0.15, 0.2) is 35.7 Å². The summed E-state index contributed by atoms with van der Waals surface area (Å²) in [6, 6.07) is 10.0. The van der Waals surface area contributed by atoms with Crippen LogP contribution >= 0.6 is 11.3 Å². The molecule has 33 heavy (non-hydrogen) atoms. The van der Waals surface area contributed by atoms with Crippen LogP contribution in [-0.2, 0) is 30.5 Å². The highest BCUT2D eigenvalue weighted by Crippen LogP contribution is 2.36. The number of thiazole rings is 1. The number of carboxylic acid groups (broad SMARTS) is 1. The first-order chi connectivity index (χ1) is 16.1. The molecule has 4 heterocycles. The van der Waals surface area contributed by atoms with Crippen molar-refractivity contribution in [3.63, 3.8) is 0 Å². The molecular formula is C25H27N3O4S. The molecule has 2 aliphatic rings. The number of nitrogens with zero attached hydrogens (tertiary/aromatic N) is 2. The Morgan fingerprint density at radius 1 is 1.12 bits per heavy atom. The van der Waals surface area contributed by atoms with Gasteiger partial charge in [0.15, 0.2) is 11.5 Å². The van der Waals surface area contributed by atoms with Gasteiger partial charge in [0.05, 0.1) is 17.1 Å². The molecule has 0 saturated heterocycles. The molecule has 2 aromatic heterocycles. The van der Waals surface area contributed by atoms with E-state index in [9.17, 15) is 9.90 Å². The van der Waals surface area contributed by atoms with Crippen LogP contribution in [-0.4, -0.2) is 34.4 Å². The zero-order valence-corrected chi connectivity index (χ0v) is 19.2. The Bertz CT molecular complexity index is 1150. The van der Waals surface area contributed by atoms with Gasteiger partial charge in [-0.2, -0.15) is 0 Å². The third-order valence-electron chi connectivity index (χ3n) is 6.12. The van der Waals surface area contributed by atoms with Crippen molar-refractivity contribution in [1.29, 1.82) is 0 Å². The lowest BCUT2D eigenvalue weighted by Gasteiger charge is -2.17. The van der Waals surface area contributed by atoms with Crippen LogP contribution in [0.2, 0.25) is 0 Å². The van der Waals surface area contributed by atoms with E-state index in [0.29, 0.717) is 17.9 Å². The smallest absolute Gasteiger partial charge is 0.303 e. The van der Waals surface area contributed by atoms with Gasteiger partial charge in [-0.25, -0.2) is 9.97 Å². The summed E-state index contributed by atoms with van der Waals surface area (Å²) in [6.45, 7) is 1.20. The van der Waals surface area contributed by atoms with Crippen molar-refractivity contribution < 1.29 is 19.4 Å². The van der Waals surface area contributed by atoms with Gasteiger partial charge in [-0.3, -0.25) is 4.79 Å². The maximum Gasteiger partial charge on any atom is 0.303 e. The third kappa shape index (κ3) is 5.27. The van der Waals surface area contributed by atoms with Crippen LogP contribution in [0.25, 0.3) is 0 Å². The molecule has 0 saturated carbocycles. The predicted octanol–water partition coefficient (Wildman–Crippen LogP) is 4.60. The van der Waals surface area contributed by atoms with Gasteiger partial charge in [0.2, 0.25) is 6.79 Å². The summed E-state index contributed by atoms with van der Waals surface area (Å²) >= 11 is 1.65. The highest BCUT2D eigenvalue weighted by atomic mass is 32.1. The Hall–Kier alpha value is -3.13. The van der Waals surface area contributed by atoms with Gasteiger partial charge in [-0.1, -0.05) is 12.1 Å². The number of aliphatic carboxylic acids is 1. The molecule has 3 aromatic rings. The average Bonchev–Trinajstić information content (AvgIpc) is 3.47. The van der Waals surface area contributed by atoms with E-state index in [1.807, 2.05) is 18.2 Å². The summed E-state index contributed by atoms with van der Waals surface area (Å²) in [5.41, 5.74) is 4.30. The number of aryl methyl sites for hydroxylation is 3. The van der Waals surface area contributed by atoms with Gasteiger partial charge in [-0.15, -0.1) is 11.3 Å². The summed E-state index contributed by atoms with van der Waals surface area (Å²) in [6.07, 6.45) is 5.70. The van der Waals surface area contributed by atoms with Crippen molar-refractivity contribution in [3.05, 3.63) is 63.2 Å². The lowest BCUT2D eigenvalue weighted by Crippen LogP contribution is -2.14. The molecule has 0 bridgehead atoms.